The Morgan fingerprint density at radius 2 is 2.32 bits per heavy atom. The Bertz CT molecular complexity index is 453. The largest absolute Gasteiger partial charge is 0.384 e. The number of benzene rings is 1. The maximum Gasteiger partial charge on any atom is 0.124 e. The Balaban J connectivity index is 2.28. The highest BCUT2D eigenvalue weighted by Crippen LogP contribution is 2.26. The van der Waals surface area contributed by atoms with E-state index in [1.807, 2.05) is 12.1 Å². The Hall–Kier alpha value is -1.55. The molecular weight excluding hydrogens is 238 g/mol. The average molecular weight is 261 g/mol. The van der Waals surface area contributed by atoms with E-state index in [2.05, 4.69) is 24.8 Å². The highest BCUT2D eigenvalue weighted by atomic mass is 16.5. The van der Waals surface area contributed by atoms with Crippen LogP contribution in [-0.4, -0.2) is 31.6 Å². The third kappa shape index (κ3) is 3.07. The Kier molecular flexibility index (Phi) is 4.43. The molecule has 1 unspecified atom stereocenters. The summed E-state index contributed by atoms with van der Waals surface area (Å²) in [6.45, 7) is 6.84. The molecule has 1 aliphatic rings. The van der Waals surface area contributed by atoms with Gasteiger partial charge in [-0.2, -0.15) is 0 Å². The summed E-state index contributed by atoms with van der Waals surface area (Å²) in [4.78, 5) is 2.28. The van der Waals surface area contributed by atoms with Crippen molar-refractivity contribution in [1.82, 2.24) is 0 Å². The fourth-order valence-corrected chi connectivity index (χ4v) is 2.71. The normalized spacial score (nSPS) is 18.5. The molecule has 1 saturated heterocycles. The molecule has 104 valence electrons. The molecule has 2 rings (SSSR count). The number of likely N-dealkylation sites (N-methyl/N-ethyl adjacent to an activating group) is 1. The molecule has 1 atom stereocenters. The molecule has 0 bridgehead atoms. The van der Waals surface area contributed by atoms with Gasteiger partial charge in [-0.15, -0.1) is 0 Å². The second-order valence-corrected chi connectivity index (χ2v) is 5.06. The van der Waals surface area contributed by atoms with Gasteiger partial charge in [0.1, 0.15) is 5.84 Å². The summed E-state index contributed by atoms with van der Waals surface area (Å²) in [7, 11) is 0. The number of aryl methyl sites for hydroxylation is 1. The lowest BCUT2D eigenvalue weighted by atomic mass is 10.0. The van der Waals surface area contributed by atoms with Gasteiger partial charge < -0.3 is 15.4 Å². The molecule has 0 saturated carbocycles. The van der Waals surface area contributed by atoms with Gasteiger partial charge in [0, 0.05) is 25.3 Å². The number of nitrogen functional groups attached to an aromatic ring is 1. The number of nitrogens with two attached hydrogens (primary N) is 1. The summed E-state index contributed by atoms with van der Waals surface area (Å²) < 4.78 is 5.72. The van der Waals surface area contributed by atoms with Gasteiger partial charge in [-0.25, -0.2) is 0 Å². The molecule has 0 amide bonds. The van der Waals surface area contributed by atoms with Crippen LogP contribution >= 0.6 is 0 Å². The lowest BCUT2D eigenvalue weighted by Crippen LogP contribution is -2.34. The van der Waals surface area contributed by atoms with Crippen LogP contribution in [0.1, 0.15) is 30.9 Å². The molecule has 3 N–H and O–H groups in total. The lowest BCUT2D eigenvalue weighted by molar-refractivity contribution is 0.115. The molecule has 0 radical (unpaired) electrons. The molecule has 1 fully saturated rings. The van der Waals surface area contributed by atoms with Gasteiger partial charge in [0.25, 0.3) is 0 Å². The van der Waals surface area contributed by atoms with E-state index in [0.29, 0.717) is 6.10 Å². The number of hydrogen-bond donors (Lipinski definition) is 2. The first-order valence-corrected chi connectivity index (χ1v) is 6.94. The first-order chi connectivity index (χ1) is 9.13. The van der Waals surface area contributed by atoms with Gasteiger partial charge in [-0.3, -0.25) is 5.41 Å². The van der Waals surface area contributed by atoms with Crippen LogP contribution in [0.15, 0.2) is 18.2 Å². The second kappa shape index (κ2) is 6.06. The minimum absolute atomic E-state index is 0.129. The van der Waals surface area contributed by atoms with Crippen LogP contribution in [0.2, 0.25) is 0 Å². The van der Waals surface area contributed by atoms with Crippen LogP contribution in [0.25, 0.3) is 0 Å². The van der Waals surface area contributed by atoms with E-state index in [4.69, 9.17) is 15.9 Å². The van der Waals surface area contributed by atoms with Crippen molar-refractivity contribution in [1.29, 1.82) is 5.41 Å². The first kappa shape index (κ1) is 13.9. The topological polar surface area (TPSA) is 62.3 Å². The predicted molar refractivity (Wildman–Crippen MR) is 79.1 cm³/mol. The standard InChI is InChI=1S/C15H23N3O/c1-3-18(10-12-7-5-9-19-12)14-11(2)6-4-8-13(14)15(16)17/h4,6,8,12H,3,5,7,9-10H2,1-2H3,(H3,16,17). The highest BCUT2D eigenvalue weighted by molar-refractivity contribution is 6.01. The fraction of sp³-hybridized carbons (Fsp3) is 0.533. The highest BCUT2D eigenvalue weighted by Gasteiger charge is 2.21. The van der Waals surface area contributed by atoms with E-state index in [0.717, 1.165) is 49.4 Å². The minimum Gasteiger partial charge on any atom is -0.384 e. The van der Waals surface area contributed by atoms with Crippen molar-refractivity contribution in [2.45, 2.75) is 32.8 Å². The maximum absolute atomic E-state index is 7.75. The minimum atomic E-state index is 0.129. The number of rotatable bonds is 5. The summed E-state index contributed by atoms with van der Waals surface area (Å²) in [6, 6.07) is 5.94. The molecule has 0 aliphatic carbocycles. The number of anilines is 1. The summed E-state index contributed by atoms with van der Waals surface area (Å²) in [5, 5.41) is 7.75. The van der Waals surface area contributed by atoms with E-state index in [1.165, 1.54) is 0 Å². The quantitative estimate of drug-likeness (QED) is 0.631. The zero-order chi connectivity index (χ0) is 13.8. The molecule has 0 spiro atoms. The Labute approximate surface area is 115 Å². The molecule has 19 heavy (non-hydrogen) atoms. The van der Waals surface area contributed by atoms with Gasteiger partial charge in [-0.05, 0) is 38.3 Å². The van der Waals surface area contributed by atoms with E-state index in [9.17, 15) is 0 Å². The summed E-state index contributed by atoms with van der Waals surface area (Å²) >= 11 is 0. The molecule has 0 aromatic heterocycles. The summed E-state index contributed by atoms with van der Waals surface area (Å²) in [5.74, 6) is 0.129. The summed E-state index contributed by atoms with van der Waals surface area (Å²) in [5.41, 5.74) is 8.77. The molecule has 1 heterocycles. The zero-order valence-corrected chi connectivity index (χ0v) is 11.8. The van der Waals surface area contributed by atoms with Gasteiger partial charge in [0.2, 0.25) is 0 Å². The SMILES string of the molecule is CCN(CC1CCCO1)c1c(C)cccc1C(=N)N. The number of nitrogens with one attached hydrogen (secondary N) is 1. The predicted octanol–water partition coefficient (Wildman–Crippen LogP) is 2.28. The molecule has 4 heteroatoms. The smallest absolute Gasteiger partial charge is 0.124 e. The maximum atomic E-state index is 7.75. The van der Waals surface area contributed by atoms with Crippen LogP contribution in [0.3, 0.4) is 0 Å². The van der Waals surface area contributed by atoms with E-state index < -0.39 is 0 Å². The van der Waals surface area contributed by atoms with Gasteiger partial charge in [0.15, 0.2) is 0 Å². The average Bonchev–Trinajstić information content (AvgIpc) is 2.89. The third-order valence-corrected chi connectivity index (χ3v) is 3.67. The third-order valence-electron chi connectivity index (χ3n) is 3.67. The van der Waals surface area contributed by atoms with Crippen molar-refractivity contribution in [2.75, 3.05) is 24.6 Å². The van der Waals surface area contributed by atoms with Gasteiger partial charge in [-0.1, -0.05) is 12.1 Å². The molecule has 1 aromatic carbocycles. The number of ether oxygens (including phenoxy) is 1. The number of hydrogen-bond acceptors (Lipinski definition) is 3. The monoisotopic (exact) mass is 261 g/mol. The Morgan fingerprint density at radius 1 is 1.53 bits per heavy atom. The zero-order valence-electron chi connectivity index (χ0n) is 11.8. The molecule has 1 aromatic rings. The van der Waals surface area contributed by atoms with Crippen molar-refractivity contribution in [2.24, 2.45) is 5.73 Å². The van der Waals surface area contributed by atoms with Crippen LogP contribution in [0, 0.1) is 12.3 Å². The summed E-state index contributed by atoms with van der Waals surface area (Å²) in [6.07, 6.45) is 2.58. The van der Waals surface area contributed by atoms with E-state index in [-0.39, 0.29) is 5.84 Å². The van der Waals surface area contributed by atoms with Crippen LogP contribution in [-0.2, 0) is 4.74 Å². The number of para-hydroxylation sites is 1. The molecule has 4 nitrogen and oxygen atoms in total. The first-order valence-electron chi connectivity index (χ1n) is 6.94. The van der Waals surface area contributed by atoms with Crippen LogP contribution in [0.5, 0.6) is 0 Å². The van der Waals surface area contributed by atoms with Crippen LogP contribution in [0.4, 0.5) is 5.69 Å². The van der Waals surface area contributed by atoms with Crippen LogP contribution < -0.4 is 10.6 Å². The number of amidine groups is 1. The lowest BCUT2D eigenvalue weighted by Gasteiger charge is -2.29. The van der Waals surface area contributed by atoms with Crippen molar-refractivity contribution in [3.63, 3.8) is 0 Å². The van der Waals surface area contributed by atoms with E-state index >= 15 is 0 Å². The molecule has 1 aliphatic heterocycles. The van der Waals surface area contributed by atoms with Crippen molar-refractivity contribution in [3.8, 4) is 0 Å². The van der Waals surface area contributed by atoms with Crippen molar-refractivity contribution >= 4 is 11.5 Å². The van der Waals surface area contributed by atoms with Crippen molar-refractivity contribution in [3.05, 3.63) is 29.3 Å². The Morgan fingerprint density at radius 3 is 2.89 bits per heavy atom. The fourth-order valence-electron chi connectivity index (χ4n) is 2.71. The second-order valence-electron chi connectivity index (χ2n) is 5.06. The molecular formula is C15H23N3O. The van der Waals surface area contributed by atoms with E-state index in [1.54, 1.807) is 0 Å². The van der Waals surface area contributed by atoms with Gasteiger partial charge >= 0.3 is 0 Å². The van der Waals surface area contributed by atoms with Gasteiger partial charge in [0.05, 0.1) is 11.8 Å². The van der Waals surface area contributed by atoms with Crippen molar-refractivity contribution < 1.29 is 4.74 Å². The number of nitrogens with zero attached hydrogens (tertiary/aromatic N) is 1.